The largest absolute Gasteiger partial charge is 0.490 e. The molecular formula is C36H42F6N6O5. The van der Waals surface area contributed by atoms with Gasteiger partial charge in [0.15, 0.2) is 5.60 Å². The number of nitrogens with zero attached hydrogens (tertiary/aromatic N) is 4. The Morgan fingerprint density at radius 1 is 0.962 bits per heavy atom. The highest BCUT2D eigenvalue weighted by atomic mass is 19.4. The van der Waals surface area contributed by atoms with Crippen molar-refractivity contribution in [1.82, 2.24) is 25.3 Å². The number of alkyl halides is 6. The number of carbonyl (C=O) groups excluding carboxylic acids is 2. The fourth-order valence-electron chi connectivity index (χ4n) is 6.50. The molecule has 2 amide bonds. The maximum Gasteiger partial charge on any atom is 0.490 e. The van der Waals surface area contributed by atoms with Gasteiger partial charge in [0.05, 0.1) is 17.7 Å². The monoisotopic (exact) mass is 752 g/mol. The molecule has 1 saturated carbocycles. The zero-order chi connectivity index (χ0) is 38.6. The SMILES string of the molecule is CC(C)(Oc1cccc(N2CCC[C@@H](C(=O)N(Cc3ccc(-c4cn[nH]c4)cc3C(F)(F)F)C3CC3)C2)c1)C(=O)N1CCNCC1.O=C(O)C(F)(F)F. The van der Waals surface area contributed by atoms with Crippen LogP contribution in [0.4, 0.5) is 32.0 Å². The Hall–Kier alpha value is -4.80. The number of H-pyrrole nitrogens is 1. The third kappa shape index (κ3) is 10.2. The number of halogens is 6. The van der Waals surface area contributed by atoms with E-state index >= 15 is 0 Å². The molecule has 6 rings (SSSR count). The number of carbonyl (C=O) groups is 3. The molecule has 0 spiro atoms. The van der Waals surface area contributed by atoms with Crippen molar-refractivity contribution in [1.29, 1.82) is 0 Å². The molecule has 11 nitrogen and oxygen atoms in total. The number of aliphatic carboxylic acids is 1. The number of benzene rings is 2. The summed E-state index contributed by atoms with van der Waals surface area (Å²) in [7, 11) is 0. The van der Waals surface area contributed by atoms with Crippen LogP contribution in [0.25, 0.3) is 11.1 Å². The topological polar surface area (TPSA) is 131 Å². The number of ether oxygens (including phenoxy) is 1. The molecule has 2 saturated heterocycles. The minimum absolute atomic E-state index is 0.0512. The number of piperidine rings is 1. The maximum absolute atomic E-state index is 14.2. The van der Waals surface area contributed by atoms with Crippen LogP contribution in [0.1, 0.15) is 50.7 Å². The first-order chi connectivity index (χ1) is 24.9. The van der Waals surface area contributed by atoms with Crippen LogP contribution in [0, 0.1) is 5.92 Å². The van der Waals surface area contributed by atoms with E-state index < -0.39 is 29.5 Å². The van der Waals surface area contributed by atoms with Gasteiger partial charge in [-0.25, -0.2) is 4.79 Å². The van der Waals surface area contributed by atoms with E-state index in [4.69, 9.17) is 14.6 Å². The van der Waals surface area contributed by atoms with Crippen LogP contribution in [0.15, 0.2) is 54.9 Å². The first-order valence-corrected chi connectivity index (χ1v) is 17.3. The van der Waals surface area contributed by atoms with Gasteiger partial charge in [-0.2, -0.15) is 31.4 Å². The summed E-state index contributed by atoms with van der Waals surface area (Å²) < 4.78 is 80.7. The standard InChI is InChI=1S/C34H41F3N6O3.C2HF3O2/c1-33(2,32(45)41-15-12-38-13-16-41)46-29-7-3-6-28(18-29)42-14-4-5-25(21-42)31(44)43(27-10-11-27)22-24-9-8-23(26-19-39-40-20-26)17-30(24)34(35,36)37;3-2(4,5)1(6)7/h3,6-9,17-20,25,27,38H,4-5,10-16,21-22H2,1-2H3,(H,39,40);(H,6,7)/t25-;/m1./s1. The normalized spacial score (nSPS) is 18.2. The number of carboxylic acids is 1. The summed E-state index contributed by atoms with van der Waals surface area (Å²) in [6, 6.07) is 11.8. The van der Waals surface area contributed by atoms with Crippen LogP contribution in [-0.2, 0) is 27.1 Å². The highest BCUT2D eigenvalue weighted by Gasteiger charge is 2.41. The van der Waals surface area contributed by atoms with Gasteiger partial charge in [0.2, 0.25) is 5.91 Å². The molecule has 288 valence electrons. The van der Waals surface area contributed by atoms with Crippen LogP contribution in [0.5, 0.6) is 5.75 Å². The Morgan fingerprint density at radius 3 is 2.26 bits per heavy atom. The molecule has 2 aromatic carbocycles. The van der Waals surface area contributed by atoms with Gasteiger partial charge < -0.3 is 29.9 Å². The van der Waals surface area contributed by atoms with Crippen molar-refractivity contribution in [2.45, 2.75) is 70.1 Å². The van der Waals surface area contributed by atoms with Crippen molar-refractivity contribution < 1.29 is 50.6 Å². The summed E-state index contributed by atoms with van der Waals surface area (Å²) in [5, 5.41) is 16.9. The number of anilines is 1. The lowest BCUT2D eigenvalue weighted by Gasteiger charge is -2.37. The highest BCUT2D eigenvalue weighted by Crippen LogP contribution is 2.38. The van der Waals surface area contributed by atoms with Crippen LogP contribution >= 0.6 is 0 Å². The van der Waals surface area contributed by atoms with Gasteiger partial charge in [-0.05, 0) is 68.9 Å². The Bertz CT molecular complexity index is 1740. The van der Waals surface area contributed by atoms with Gasteiger partial charge in [-0.1, -0.05) is 18.2 Å². The number of piperazine rings is 1. The van der Waals surface area contributed by atoms with E-state index in [0.717, 1.165) is 50.7 Å². The summed E-state index contributed by atoms with van der Waals surface area (Å²) >= 11 is 0. The van der Waals surface area contributed by atoms with E-state index in [9.17, 15) is 35.9 Å². The van der Waals surface area contributed by atoms with E-state index in [1.165, 1.54) is 12.3 Å². The molecule has 3 N–H and O–H groups in total. The van der Waals surface area contributed by atoms with Crippen molar-refractivity contribution in [2.75, 3.05) is 44.2 Å². The average molecular weight is 753 g/mol. The van der Waals surface area contributed by atoms with Crippen LogP contribution in [0.3, 0.4) is 0 Å². The van der Waals surface area contributed by atoms with Gasteiger partial charge in [0.25, 0.3) is 5.91 Å². The molecule has 1 atom stereocenters. The van der Waals surface area contributed by atoms with Crippen molar-refractivity contribution >= 4 is 23.5 Å². The third-order valence-corrected chi connectivity index (χ3v) is 9.35. The van der Waals surface area contributed by atoms with Crippen molar-refractivity contribution in [3.63, 3.8) is 0 Å². The van der Waals surface area contributed by atoms with E-state index in [2.05, 4.69) is 20.4 Å². The second-order valence-electron chi connectivity index (χ2n) is 13.8. The predicted molar refractivity (Wildman–Crippen MR) is 182 cm³/mol. The highest BCUT2D eigenvalue weighted by molar-refractivity contribution is 5.85. The lowest BCUT2D eigenvalue weighted by atomic mass is 9.95. The quantitative estimate of drug-likeness (QED) is 0.237. The molecule has 53 heavy (non-hydrogen) atoms. The minimum Gasteiger partial charge on any atom is -0.478 e. The molecule has 17 heteroatoms. The number of aromatic nitrogens is 2. The second kappa shape index (κ2) is 16.1. The zero-order valence-corrected chi connectivity index (χ0v) is 29.3. The molecule has 0 unspecified atom stereocenters. The van der Waals surface area contributed by atoms with Crippen molar-refractivity contribution in [3.8, 4) is 16.9 Å². The lowest BCUT2D eigenvalue weighted by molar-refractivity contribution is -0.192. The molecule has 3 aliphatic rings. The van der Waals surface area contributed by atoms with Crippen molar-refractivity contribution in [3.05, 3.63) is 66.0 Å². The Morgan fingerprint density at radius 2 is 1.66 bits per heavy atom. The van der Waals surface area contributed by atoms with Gasteiger partial charge in [0.1, 0.15) is 5.75 Å². The first-order valence-electron chi connectivity index (χ1n) is 17.3. The van der Waals surface area contributed by atoms with Gasteiger partial charge in [-0.15, -0.1) is 0 Å². The average Bonchev–Trinajstić information content (AvgIpc) is 3.81. The fourth-order valence-corrected chi connectivity index (χ4v) is 6.50. The summed E-state index contributed by atoms with van der Waals surface area (Å²) in [5.41, 5.74) is 0.180. The predicted octanol–water partition coefficient (Wildman–Crippen LogP) is 5.73. The van der Waals surface area contributed by atoms with Gasteiger partial charge in [0, 0.05) is 75.4 Å². The molecule has 3 fully saturated rings. The summed E-state index contributed by atoms with van der Waals surface area (Å²) in [6.45, 7) is 7.47. The smallest absolute Gasteiger partial charge is 0.478 e. The summed E-state index contributed by atoms with van der Waals surface area (Å²) in [4.78, 5) is 41.7. The van der Waals surface area contributed by atoms with E-state index in [1.54, 1.807) is 31.0 Å². The molecular weight excluding hydrogens is 710 g/mol. The van der Waals surface area contributed by atoms with Gasteiger partial charge in [-0.3, -0.25) is 14.7 Å². The molecule has 3 aromatic rings. The van der Waals surface area contributed by atoms with Crippen LogP contribution in [-0.4, -0.2) is 100.0 Å². The molecule has 2 aliphatic heterocycles. The number of hydrogen-bond donors (Lipinski definition) is 3. The summed E-state index contributed by atoms with van der Waals surface area (Å²) in [5.74, 6) is -2.70. The molecule has 3 heterocycles. The van der Waals surface area contributed by atoms with E-state index in [0.29, 0.717) is 42.9 Å². The van der Waals surface area contributed by atoms with E-state index in [-0.39, 0.29) is 35.9 Å². The zero-order valence-electron chi connectivity index (χ0n) is 29.3. The summed E-state index contributed by atoms with van der Waals surface area (Å²) in [6.07, 6.45) is -3.57. The molecule has 0 radical (unpaired) electrons. The van der Waals surface area contributed by atoms with Crippen LogP contribution in [0.2, 0.25) is 0 Å². The first kappa shape index (κ1) is 39.4. The Kier molecular flexibility index (Phi) is 11.9. The maximum atomic E-state index is 14.2. The molecule has 0 bridgehead atoms. The lowest BCUT2D eigenvalue weighted by Crippen LogP contribution is -2.54. The Labute approximate surface area is 302 Å². The number of aromatic amines is 1. The second-order valence-corrected chi connectivity index (χ2v) is 13.8. The number of rotatable bonds is 9. The van der Waals surface area contributed by atoms with Crippen LogP contribution < -0.4 is 15.0 Å². The number of carboxylic acid groups (broad SMARTS) is 1. The molecule has 1 aliphatic carbocycles. The van der Waals surface area contributed by atoms with Gasteiger partial charge >= 0.3 is 18.3 Å². The Balaban J connectivity index is 0.000000705. The molecule has 1 aromatic heterocycles. The fraction of sp³-hybridized carbons (Fsp3) is 0.500. The third-order valence-electron chi connectivity index (χ3n) is 9.35. The number of hydrogen-bond acceptors (Lipinski definition) is 7. The number of nitrogens with one attached hydrogen (secondary N) is 2. The minimum atomic E-state index is -5.08. The number of amides is 2. The van der Waals surface area contributed by atoms with E-state index in [1.807, 2.05) is 29.2 Å². The van der Waals surface area contributed by atoms with Crippen molar-refractivity contribution in [2.24, 2.45) is 5.92 Å².